The third-order valence-corrected chi connectivity index (χ3v) is 3.28. The molecule has 0 saturated carbocycles. The third-order valence-electron chi connectivity index (χ3n) is 2.56. The highest BCUT2D eigenvalue weighted by atomic mass is 127. The fraction of sp³-hybridized carbons (Fsp3) is 0.0714. The van der Waals surface area contributed by atoms with Crippen molar-refractivity contribution in [3.8, 4) is 0 Å². The van der Waals surface area contributed by atoms with E-state index in [1.807, 2.05) is 30.3 Å². The van der Waals surface area contributed by atoms with E-state index in [1.165, 1.54) is 10.5 Å². The number of Topliss-reactive ketones (excluding diaryl/α,β-unsaturated/α-hetero) is 1. The summed E-state index contributed by atoms with van der Waals surface area (Å²) in [6.45, 7) is 1.51. The molecule has 3 nitrogen and oxygen atoms in total. The number of halogens is 1. The molecule has 2 aromatic rings. The van der Waals surface area contributed by atoms with Gasteiger partial charge < -0.3 is 11.1 Å². The van der Waals surface area contributed by atoms with Crippen LogP contribution in [-0.2, 0) is 0 Å². The number of benzene rings is 2. The van der Waals surface area contributed by atoms with Gasteiger partial charge in [0.1, 0.15) is 0 Å². The molecule has 2 rings (SSSR count). The molecule has 92 valence electrons. The summed E-state index contributed by atoms with van der Waals surface area (Å²) in [5.74, 6) is -0.0201. The molecule has 0 aromatic heterocycles. The van der Waals surface area contributed by atoms with Crippen molar-refractivity contribution in [2.45, 2.75) is 6.92 Å². The second kappa shape index (κ2) is 5.39. The predicted molar refractivity (Wildman–Crippen MR) is 83.3 cm³/mol. The second-order valence-corrected chi connectivity index (χ2v) is 5.24. The van der Waals surface area contributed by atoms with Gasteiger partial charge in [0.25, 0.3) is 0 Å². The van der Waals surface area contributed by atoms with Gasteiger partial charge in [0.15, 0.2) is 5.78 Å². The van der Waals surface area contributed by atoms with Crippen LogP contribution in [0.3, 0.4) is 0 Å². The quantitative estimate of drug-likeness (QED) is 0.502. The zero-order chi connectivity index (χ0) is 13.1. The molecule has 0 atom stereocenters. The highest BCUT2D eigenvalue weighted by molar-refractivity contribution is 14.1. The summed E-state index contributed by atoms with van der Waals surface area (Å²) >= 11 is 2.26. The van der Waals surface area contributed by atoms with Crippen molar-refractivity contribution in [1.29, 1.82) is 0 Å². The van der Waals surface area contributed by atoms with Gasteiger partial charge in [0.05, 0.1) is 0 Å². The van der Waals surface area contributed by atoms with Gasteiger partial charge in [-0.3, -0.25) is 4.79 Å². The molecule has 0 aliphatic carbocycles. The Morgan fingerprint density at radius 1 is 1.11 bits per heavy atom. The van der Waals surface area contributed by atoms with E-state index >= 15 is 0 Å². The minimum Gasteiger partial charge on any atom is -0.398 e. The first-order valence-electron chi connectivity index (χ1n) is 5.49. The van der Waals surface area contributed by atoms with Crippen LogP contribution in [0.2, 0.25) is 0 Å². The maximum absolute atomic E-state index is 11.3. The third kappa shape index (κ3) is 3.01. The van der Waals surface area contributed by atoms with Crippen LogP contribution in [0.4, 0.5) is 17.1 Å². The fourth-order valence-corrected chi connectivity index (χ4v) is 2.02. The second-order valence-electron chi connectivity index (χ2n) is 3.99. The SMILES string of the molecule is CC(=O)c1ccc(Nc2ccc(I)cc2)cc1N. The van der Waals surface area contributed by atoms with Gasteiger partial charge in [-0.1, -0.05) is 0 Å². The number of ketones is 1. The Morgan fingerprint density at radius 3 is 2.28 bits per heavy atom. The van der Waals surface area contributed by atoms with Gasteiger partial charge in [-0.15, -0.1) is 0 Å². The lowest BCUT2D eigenvalue weighted by molar-refractivity contribution is 0.101. The maximum atomic E-state index is 11.3. The molecule has 0 unspecified atom stereocenters. The number of nitrogens with one attached hydrogen (secondary N) is 1. The van der Waals surface area contributed by atoms with Crippen LogP contribution in [-0.4, -0.2) is 5.78 Å². The zero-order valence-electron chi connectivity index (χ0n) is 9.91. The minimum absolute atomic E-state index is 0.0201. The van der Waals surface area contributed by atoms with Crippen LogP contribution < -0.4 is 11.1 Å². The number of anilines is 3. The largest absolute Gasteiger partial charge is 0.398 e. The molecular weight excluding hydrogens is 339 g/mol. The van der Waals surface area contributed by atoms with Gasteiger partial charge >= 0.3 is 0 Å². The Labute approximate surface area is 120 Å². The Balaban J connectivity index is 2.22. The molecule has 3 N–H and O–H groups in total. The van der Waals surface area contributed by atoms with Crippen molar-refractivity contribution in [2.24, 2.45) is 0 Å². The van der Waals surface area contributed by atoms with Crippen LogP contribution in [0.25, 0.3) is 0 Å². The molecule has 0 amide bonds. The number of hydrogen-bond acceptors (Lipinski definition) is 3. The zero-order valence-corrected chi connectivity index (χ0v) is 12.1. The summed E-state index contributed by atoms with van der Waals surface area (Å²) in [6.07, 6.45) is 0. The molecule has 0 aliphatic heterocycles. The topological polar surface area (TPSA) is 55.1 Å². The Kier molecular flexibility index (Phi) is 3.86. The lowest BCUT2D eigenvalue weighted by Crippen LogP contribution is -2.00. The van der Waals surface area contributed by atoms with E-state index in [0.29, 0.717) is 11.3 Å². The predicted octanol–water partition coefficient (Wildman–Crippen LogP) is 3.82. The summed E-state index contributed by atoms with van der Waals surface area (Å²) in [7, 11) is 0. The molecule has 4 heteroatoms. The van der Waals surface area contributed by atoms with Crippen LogP contribution in [0.15, 0.2) is 42.5 Å². The average Bonchev–Trinajstić information content (AvgIpc) is 2.32. The summed E-state index contributed by atoms with van der Waals surface area (Å²) in [6, 6.07) is 13.4. The van der Waals surface area contributed by atoms with Crippen molar-refractivity contribution in [3.63, 3.8) is 0 Å². The van der Waals surface area contributed by atoms with Crippen LogP contribution >= 0.6 is 22.6 Å². The minimum atomic E-state index is -0.0201. The monoisotopic (exact) mass is 352 g/mol. The van der Waals surface area contributed by atoms with Gasteiger partial charge in [-0.25, -0.2) is 0 Å². The molecule has 18 heavy (non-hydrogen) atoms. The number of nitrogens with two attached hydrogens (primary N) is 1. The first-order chi connectivity index (χ1) is 8.56. The van der Waals surface area contributed by atoms with Crippen molar-refractivity contribution in [3.05, 3.63) is 51.6 Å². The van der Waals surface area contributed by atoms with Crippen molar-refractivity contribution in [1.82, 2.24) is 0 Å². The number of hydrogen-bond donors (Lipinski definition) is 2. The fourth-order valence-electron chi connectivity index (χ4n) is 1.66. The molecule has 0 heterocycles. The standard InChI is InChI=1S/C14H13IN2O/c1-9(18)13-7-6-12(8-14(13)16)17-11-4-2-10(15)3-5-11/h2-8,17H,16H2,1H3. The number of carbonyl (C=O) groups is 1. The molecule has 0 radical (unpaired) electrons. The van der Waals surface area contributed by atoms with E-state index in [4.69, 9.17) is 5.73 Å². The van der Waals surface area contributed by atoms with E-state index in [0.717, 1.165) is 11.4 Å². The highest BCUT2D eigenvalue weighted by Gasteiger charge is 2.05. The average molecular weight is 352 g/mol. The molecule has 0 saturated heterocycles. The molecule has 0 bridgehead atoms. The molecule has 0 spiro atoms. The van der Waals surface area contributed by atoms with Crippen molar-refractivity contribution in [2.75, 3.05) is 11.1 Å². The van der Waals surface area contributed by atoms with E-state index < -0.39 is 0 Å². The maximum Gasteiger partial charge on any atom is 0.161 e. The van der Waals surface area contributed by atoms with E-state index in [2.05, 4.69) is 27.9 Å². The molecule has 2 aromatic carbocycles. The van der Waals surface area contributed by atoms with E-state index in [1.54, 1.807) is 12.1 Å². The Morgan fingerprint density at radius 2 is 1.72 bits per heavy atom. The normalized spacial score (nSPS) is 10.1. The number of carbonyl (C=O) groups excluding carboxylic acids is 1. The van der Waals surface area contributed by atoms with Crippen LogP contribution in [0.1, 0.15) is 17.3 Å². The van der Waals surface area contributed by atoms with Crippen LogP contribution in [0, 0.1) is 3.57 Å². The summed E-state index contributed by atoms with van der Waals surface area (Å²) < 4.78 is 1.18. The van der Waals surface area contributed by atoms with E-state index in [-0.39, 0.29) is 5.78 Å². The van der Waals surface area contributed by atoms with Gasteiger partial charge in [-0.05, 0) is 72.0 Å². The summed E-state index contributed by atoms with van der Waals surface area (Å²) in [5.41, 5.74) is 8.76. The summed E-state index contributed by atoms with van der Waals surface area (Å²) in [5, 5.41) is 3.24. The van der Waals surface area contributed by atoms with Gasteiger partial charge in [0.2, 0.25) is 0 Å². The number of nitrogen functional groups attached to an aromatic ring is 1. The molecule has 0 fully saturated rings. The smallest absolute Gasteiger partial charge is 0.161 e. The molecular formula is C14H13IN2O. The lowest BCUT2D eigenvalue weighted by atomic mass is 10.1. The first kappa shape index (κ1) is 12.9. The Bertz CT molecular complexity index is 579. The van der Waals surface area contributed by atoms with Gasteiger partial charge in [-0.2, -0.15) is 0 Å². The first-order valence-corrected chi connectivity index (χ1v) is 6.57. The van der Waals surface area contributed by atoms with Crippen LogP contribution in [0.5, 0.6) is 0 Å². The van der Waals surface area contributed by atoms with E-state index in [9.17, 15) is 4.79 Å². The lowest BCUT2D eigenvalue weighted by Gasteiger charge is -2.09. The number of rotatable bonds is 3. The Hall–Kier alpha value is -1.56. The molecule has 0 aliphatic rings. The van der Waals surface area contributed by atoms with Crippen molar-refractivity contribution < 1.29 is 4.79 Å². The summed E-state index contributed by atoms with van der Waals surface area (Å²) in [4.78, 5) is 11.3. The van der Waals surface area contributed by atoms with Gasteiger partial charge in [0, 0.05) is 26.2 Å². The highest BCUT2D eigenvalue weighted by Crippen LogP contribution is 2.22. The van der Waals surface area contributed by atoms with Crippen molar-refractivity contribution >= 4 is 45.4 Å².